The summed E-state index contributed by atoms with van der Waals surface area (Å²) in [5.74, 6) is 1.16. The second-order valence-corrected chi connectivity index (χ2v) is 10.5. The molecule has 1 unspecified atom stereocenters. The largest absolute Gasteiger partial charge is 0.457 e. The molecular weight excluding hydrogens is 442 g/mol. The molecule has 0 saturated carbocycles. The number of aryl methyl sites for hydroxylation is 1. The van der Waals surface area contributed by atoms with Crippen LogP contribution in [0.3, 0.4) is 0 Å². The highest BCUT2D eigenvalue weighted by Crippen LogP contribution is 2.40. The number of fused-ring (bicyclic) bond motifs is 1. The van der Waals surface area contributed by atoms with Crippen molar-refractivity contribution in [1.29, 1.82) is 5.26 Å². The summed E-state index contributed by atoms with van der Waals surface area (Å²) in [5, 5.41) is 13.5. The lowest BCUT2D eigenvalue weighted by atomic mass is 9.73. The molecule has 0 aliphatic heterocycles. The normalized spacial score (nSPS) is 16.3. The molecule has 4 rings (SSSR count). The van der Waals surface area contributed by atoms with Gasteiger partial charge in [-0.05, 0) is 67.0 Å². The number of nitriles is 1. The van der Waals surface area contributed by atoms with Crippen LogP contribution in [0, 0.1) is 22.7 Å². The highest BCUT2D eigenvalue weighted by atomic mass is 35.5. The third-order valence-corrected chi connectivity index (χ3v) is 7.08. The Hall–Kier alpha value is -2.88. The quantitative estimate of drug-likeness (QED) is 0.341. The lowest BCUT2D eigenvalue weighted by molar-refractivity contribution is -0.112. The molecule has 0 fully saturated rings. The van der Waals surface area contributed by atoms with Crippen LogP contribution >= 0.6 is 22.9 Å². The molecule has 1 aliphatic carbocycles. The van der Waals surface area contributed by atoms with E-state index in [1.807, 2.05) is 18.2 Å². The van der Waals surface area contributed by atoms with Crippen LogP contribution in [-0.2, 0) is 17.6 Å². The van der Waals surface area contributed by atoms with Crippen molar-refractivity contribution in [2.24, 2.45) is 11.3 Å². The maximum atomic E-state index is 12.7. The van der Waals surface area contributed by atoms with Crippen molar-refractivity contribution in [1.82, 2.24) is 4.98 Å². The van der Waals surface area contributed by atoms with E-state index in [0.717, 1.165) is 30.5 Å². The number of hydrogen-bond acceptors (Lipinski definition) is 5. The minimum Gasteiger partial charge on any atom is -0.457 e. The van der Waals surface area contributed by atoms with Gasteiger partial charge in [0, 0.05) is 21.5 Å². The van der Waals surface area contributed by atoms with Gasteiger partial charge in [0.05, 0.1) is 5.69 Å². The summed E-state index contributed by atoms with van der Waals surface area (Å²) < 4.78 is 5.79. The third kappa shape index (κ3) is 4.95. The van der Waals surface area contributed by atoms with Crippen molar-refractivity contribution in [3.63, 3.8) is 0 Å². The molecule has 164 valence electrons. The molecule has 1 aromatic carbocycles. The van der Waals surface area contributed by atoms with Gasteiger partial charge in [-0.2, -0.15) is 5.26 Å². The number of thiazole rings is 1. The highest BCUT2D eigenvalue weighted by Gasteiger charge is 2.31. The Morgan fingerprint density at radius 2 is 2.03 bits per heavy atom. The van der Waals surface area contributed by atoms with E-state index in [2.05, 4.69) is 31.1 Å². The van der Waals surface area contributed by atoms with Gasteiger partial charge in [-0.1, -0.05) is 32.4 Å². The Morgan fingerprint density at radius 1 is 1.28 bits per heavy atom. The first-order valence-electron chi connectivity index (χ1n) is 10.5. The first-order valence-corrected chi connectivity index (χ1v) is 11.7. The van der Waals surface area contributed by atoms with Crippen LogP contribution in [0.2, 0.25) is 5.02 Å². The number of halogens is 1. The fourth-order valence-electron chi connectivity index (χ4n) is 3.82. The molecule has 7 heteroatoms. The second-order valence-electron chi connectivity index (χ2n) is 9.03. The fourth-order valence-corrected chi connectivity index (χ4v) is 5.03. The number of aromatic nitrogens is 1. The van der Waals surface area contributed by atoms with E-state index in [1.165, 1.54) is 22.3 Å². The van der Waals surface area contributed by atoms with Gasteiger partial charge in [-0.15, -0.1) is 11.3 Å². The smallest absolute Gasteiger partial charge is 0.268 e. The monoisotopic (exact) mass is 465 g/mol. The number of carbonyl (C=O) groups excluding carboxylic acids is 1. The molecule has 1 aliphatic rings. The Labute approximate surface area is 196 Å². The van der Waals surface area contributed by atoms with Gasteiger partial charge < -0.3 is 4.42 Å². The van der Waals surface area contributed by atoms with Crippen LogP contribution in [0.5, 0.6) is 0 Å². The molecule has 0 saturated heterocycles. The Morgan fingerprint density at radius 3 is 2.72 bits per heavy atom. The number of benzene rings is 1. The summed E-state index contributed by atoms with van der Waals surface area (Å²) in [6.45, 7) is 6.80. The summed E-state index contributed by atoms with van der Waals surface area (Å²) in [6.07, 6.45) is 4.45. The lowest BCUT2D eigenvalue weighted by Crippen LogP contribution is -2.26. The Bertz CT molecular complexity index is 1210. The molecule has 0 radical (unpaired) electrons. The number of anilines is 1. The van der Waals surface area contributed by atoms with E-state index in [-0.39, 0.29) is 11.0 Å². The topological polar surface area (TPSA) is 78.9 Å². The Kier molecular flexibility index (Phi) is 6.23. The number of carbonyl (C=O) groups is 1. The number of furan rings is 1. The lowest BCUT2D eigenvalue weighted by Gasteiger charge is -2.33. The Balaban J connectivity index is 1.47. The van der Waals surface area contributed by atoms with Crippen LogP contribution in [0.15, 0.2) is 46.4 Å². The number of rotatable bonds is 4. The molecule has 1 atom stereocenters. The van der Waals surface area contributed by atoms with Gasteiger partial charge in [0.25, 0.3) is 5.91 Å². The third-order valence-electron chi connectivity index (χ3n) is 5.79. The average Bonchev–Trinajstić information content (AvgIpc) is 3.37. The van der Waals surface area contributed by atoms with E-state index in [4.69, 9.17) is 16.0 Å². The molecule has 1 N–H and O–H groups in total. The molecule has 0 spiro atoms. The number of nitrogens with zero attached hydrogens (tertiary/aromatic N) is 2. The first kappa shape index (κ1) is 22.3. The van der Waals surface area contributed by atoms with Gasteiger partial charge in [-0.3, -0.25) is 10.1 Å². The predicted molar refractivity (Wildman–Crippen MR) is 128 cm³/mol. The summed E-state index contributed by atoms with van der Waals surface area (Å²) in [6, 6.07) is 12.7. The number of hydrogen-bond donors (Lipinski definition) is 1. The van der Waals surface area contributed by atoms with Crippen molar-refractivity contribution in [2.45, 2.75) is 40.0 Å². The van der Waals surface area contributed by atoms with Crippen LogP contribution in [0.4, 0.5) is 5.13 Å². The van der Waals surface area contributed by atoms with Gasteiger partial charge in [0.2, 0.25) is 0 Å². The average molecular weight is 466 g/mol. The molecule has 2 aromatic heterocycles. The van der Waals surface area contributed by atoms with Gasteiger partial charge in [0.15, 0.2) is 5.13 Å². The SMILES string of the molecule is CC(C)(C)C1CCc2nc(NC(=O)C(C#N)=Cc3ccc(-c4ccc(Cl)cc4)o3)sc2C1. The van der Waals surface area contributed by atoms with Gasteiger partial charge in [0.1, 0.15) is 23.2 Å². The molecule has 5 nitrogen and oxygen atoms in total. The number of amides is 1. The molecule has 1 amide bonds. The van der Waals surface area contributed by atoms with Gasteiger partial charge >= 0.3 is 0 Å². The van der Waals surface area contributed by atoms with Gasteiger partial charge in [-0.25, -0.2) is 4.98 Å². The van der Waals surface area contributed by atoms with E-state index in [1.54, 1.807) is 24.3 Å². The van der Waals surface area contributed by atoms with E-state index >= 15 is 0 Å². The minimum absolute atomic E-state index is 0.0391. The highest BCUT2D eigenvalue weighted by molar-refractivity contribution is 7.15. The summed E-state index contributed by atoms with van der Waals surface area (Å²) in [4.78, 5) is 18.5. The van der Waals surface area contributed by atoms with Crippen LogP contribution in [-0.4, -0.2) is 10.9 Å². The maximum absolute atomic E-state index is 12.7. The summed E-state index contributed by atoms with van der Waals surface area (Å²) in [7, 11) is 0. The number of nitrogens with one attached hydrogen (secondary N) is 1. The standard InChI is InChI=1S/C25H24ClN3O2S/c1-25(2,3)17-6-10-20-22(13-17)32-24(28-20)29-23(30)16(14-27)12-19-9-11-21(31-19)15-4-7-18(26)8-5-15/h4-5,7-9,11-12,17H,6,10,13H2,1-3H3,(H,28,29,30). The minimum atomic E-state index is -0.490. The second kappa shape index (κ2) is 8.93. The molecule has 0 bridgehead atoms. The zero-order valence-corrected chi connectivity index (χ0v) is 19.8. The summed E-state index contributed by atoms with van der Waals surface area (Å²) in [5.41, 5.74) is 2.13. The first-order chi connectivity index (χ1) is 15.2. The van der Waals surface area contributed by atoms with Crippen molar-refractivity contribution in [3.8, 4) is 17.4 Å². The fraction of sp³-hybridized carbons (Fsp3) is 0.320. The van der Waals surface area contributed by atoms with Crippen molar-refractivity contribution in [2.75, 3.05) is 5.32 Å². The molecular formula is C25H24ClN3O2S. The molecule has 32 heavy (non-hydrogen) atoms. The summed E-state index contributed by atoms with van der Waals surface area (Å²) >= 11 is 7.43. The van der Waals surface area contributed by atoms with E-state index < -0.39 is 5.91 Å². The van der Waals surface area contributed by atoms with E-state index in [9.17, 15) is 10.1 Å². The molecule has 2 heterocycles. The van der Waals surface area contributed by atoms with Crippen LogP contribution < -0.4 is 5.32 Å². The molecule has 3 aromatic rings. The zero-order valence-electron chi connectivity index (χ0n) is 18.2. The van der Waals surface area contributed by atoms with E-state index in [0.29, 0.717) is 27.6 Å². The van der Waals surface area contributed by atoms with Crippen LogP contribution in [0.25, 0.3) is 17.4 Å². The van der Waals surface area contributed by atoms with Crippen molar-refractivity contribution >= 4 is 40.1 Å². The van der Waals surface area contributed by atoms with Crippen molar-refractivity contribution in [3.05, 3.63) is 63.3 Å². The zero-order chi connectivity index (χ0) is 22.9. The van der Waals surface area contributed by atoms with Crippen molar-refractivity contribution < 1.29 is 9.21 Å². The predicted octanol–water partition coefficient (Wildman–Crippen LogP) is 6.75. The maximum Gasteiger partial charge on any atom is 0.268 e. The van der Waals surface area contributed by atoms with Crippen LogP contribution in [0.1, 0.15) is 43.5 Å².